The maximum absolute atomic E-state index is 10.0. The molecule has 5 heteroatoms. The van der Waals surface area contributed by atoms with E-state index in [-0.39, 0.29) is 0 Å². The highest BCUT2D eigenvalue weighted by molar-refractivity contribution is 7.09. The molecular weight excluding hydrogens is 330 g/mol. The molecule has 4 rings (SSSR count). The summed E-state index contributed by atoms with van der Waals surface area (Å²) in [5.41, 5.74) is 2.19. The minimum atomic E-state index is 0.382. The molecule has 2 heterocycles. The Morgan fingerprint density at radius 2 is 1.80 bits per heavy atom. The molecule has 1 aromatic heterocycles. The van der Waals surface area contributed by atoms with Gasteiger partial charge in [0.2, 0.25) is 0 Å². The maximum atomic E-state index is 10.0. The Labute approximate surface area is 154 Å². The first-order chi connectivity index (χ1) is 12.3. The average molecular weight is 358 g/mol. The molecule has 0 spiro atoms. The van der Waals surface area contributed by atoms with Crippen molar-refractivity contribution >= 4 is 17.0 Å². The fourth-order valence-corrected chi connectivity index (χ4v) is 5.02. The van der Waals surface area contributed by atoms with Gasteiger partial charge in [0.25, 0.3) is 0 Å². The summed E-state index contributed by atoms with van der Waals surface area (Å²) >= 11 is 1.86. The van der Waals surface area contributed by atoms with E-state index in [0.717, 1.165) is 38.4 Å². The van der Waals surface area contributed by atoms with Crippen LogP contribution in [-0.2, 0) is 6.54 Å². The van der Waals surface area contributed by atoms with Crippen LogP contribution in [0.3, 0.4) is 0 Å². The number of anilines is 1. The molecular formula is C20H27N3OS. The Bertz CT molecular complexity index is 688. The van der Waals surface area contributed by atoms with Gasteiger partial charge in [0.1, 0.15) is 5.75 Å². The van der Waals surface area contributed by atoms with Crippen molar-refractivity contribution in [2.24, 2.45) is 0 Å². The molecule has 1 saturated carbocycles. The molecule has 2 fully saturated rings. The van der Waals surface area contributed by atoms with Crippen LogP contribution in [0.25, 0.3) is 0 Å². The zero-order chi connectivity index (χ0) is 17.1. The van der Waals surface area contributed by atoms with E-state index in [1.54, 1.807) is 6.07 Å². The van der Waals surface area contributed by atoms with Gasteiger partial charge < -0.3 is 10.0 Å². The summed E-state index contributed by atoms with van der Waals surface area (Å²) in [6.45, 7) is 4.90. The normalized spacial score (nSPS) is 20.1. The summed E-state index contributed by atoms with van der Waals surface area (Å²) in [5, 5.41) is 13.7. The molecule has 0 atom stereocenters. The number of aromatic nitrogens is 1. The van der Waals surface area contributed by atoms with Crippen molar-refractivity contribution in [3.63, 3.8) is 0 Å². The summed E-state index contributed by atoms with van der Waals surface area (Å²) in [6.07, 6.45) is 6.79. The minimum absolute atomic E-state index is 0.382. The molecule has 25 heavy (non-hydrogen) atoms. The predicted molar refractivity (Wildman–Crippen MR) is 104 cm³/mol. The molecule has 0 radical (unpaired) electrons. The summed E-state index contributed by atoms with van der Waals surface area (Å²) in [7, 11) is 0. The van der Waals surface area contributed by atoms with Crippen molar-refractivity contribution < 1.29 is 5.11 Å². The first-order valence-electron chi connectivity index (χ1n) is 9.49. The standard InChI is InChI=1S/C20H27N3OS/c24-19-9-5-4-8-18(19)23-12-10-22(11-13-23)14-17-15-25-20(21-17)16-6-2-1-3-7-16/h4-5,8-9,15-16,24H,1-3,6-7,10-14H2. The third-order valence-corrected chi connectivity index (χ3v) is 6.56. The van der Waals surface area contributed by atoms with Crippen LogP contribution in [0.1, 0.15) is 48.7 Å². The van der Waals surface area contributed by atoms with Gasteiger partial charge in [-0.05, 0) is 25.0 Å². The molecule has 0 amide bonds. The zero-order valence-corrected chi connectivity index (χ0v) is 15.5. The second-order valence-corrected chi connectivity index (χ2v) is 8.15. The number of hydrogen-bond donors (Lipinski definition) is 1. The summed E-state index contributed by atoms with van der Waals surface area (Å²) in [4.78, 5) is 9.70. The Kier molecular flexibility index (Phi) is 5.22. The van der Waals surface area contributed by atoms with Crippen LogP contribution in [0.4, 0.5) is 5.69 Å². The van der Waals surface area contributed by atoms with Crippen molar-refractivity contribution in [1.82, 2.24) is 9.88 Å². The van der Waals surface area contributed by atoms with E-state index in [0.29, 0.717) is 11.7 Å². The zero-order valence-electron chi connectivity index (χ0n) is 14.7. The lowest BCUT2D eigenvalue weighted by molar-refractivity contribution is 0.246. The number of thiazole rings is 1. The molecule has 1 N–H and O–H groups in total. The van der Waals surface area contributed by atoms with Gasteiger partial charge in [0.05, 0.1) is 16.4 Å². The lowest BCUT2D eigenvalue weighted by atomic mass is 9.90. The SMILES string of the molecule is Oc1ccccc1N1CCN(Cc2csc(C3CCCCC3)n2)CC1. The lowest BCUT2D eigenvalue weighted by Crippen LogP contribution is -2.46. The van der Waals surface area contributed by atoms with Gasteiger partial charge in [-0.3, -0.25) is 4.90 Å². The van der Waals surface area contributed by atoms with E-state index in [2.05, 4.69) is 15.2 Å². The number of aromatic hydroxyl groups is 1. The predicted octanol–water partition coefficient (Wildman–Crippen LogP) is 4.22. The second kappa shape index (κ2) is 7.75. The molecule has 1 aliphatic carbocycles. The molecule has 134 valence electrons. The topological polar surface area (TPSA) is 39.6 Å². The van der Waals surface area contributed by atoms with Gasteiger partial charge in [-0.25, -0.2) is 4.98 Å². The lowest BCUT2D eigenvalue weighted by Gasteiger charge is -2.36. The van der Waals surface area contributed by atoms with E-state index in [1.807, 2.05) is 29.5 Å². The number of piperazine rings is 1. The number of phenolic OH excluding ortho intramolecular Hbond substituents is 1. The Morgan fingerprint density at radius 1 is 1.04 bits per heavy atom. The molecule has 2 aliphatic rings. The first-order valence-corrected chi connectivity index (χ1v) is 10.4. The first kappa shape index (κ1) is 16.9. The highest BCUT2D eigenvalue weighted by Crippen LogP contribution is 2.34. The number of benzene rings is 1. The monoisotopic (exact) mass is 357 g/mol. The van der Waals surface area contributed by atoms with Crippen LogP contribution in [0.5, 0.6) is 5.75 Å². The van der Waals surface area contributed by atoms with Crippen molar-refractivity contribution in [1.29, 1.82) is 0 Å². The Balaban J connectivity index is 1.31. The molecule has 1 saturated heterocycles. The molecule has 0 unspecified atom stereocenters. The quantitative estimate of drug-likeness (QED) is 0.889. The van der Waals surface area contributed by atoms with E-state index in [4.69, 9.17) is 4.98 Å². The highest BCUT2D eigenvalue weighted by atomic mass is 32.1. The van der Waals surface area contributed by atoms with Crippen LogP contribution >= 0.6 is 11.3 Å². The van der Waals surface area contributed by atoms with Gasteiger partial charge in [0, 0.05) is 44.0 Å². The number of rotatable bonds is 4. The number of para-hydroxylation sites is 2. The maximum Gasteiger partial charge on any atom is 0.138 e. The van der Waals surface area contributed by atoms with E-state index < -0.39 is 0 Å². The fourth-order valence-electron chi connectivity index (χ4n) is 4.04. The third-order valence-electron chi connectivity index (χ3n) is 5.50. The summed E-state index contributed by atoms with van der Waals surface area (Å²) in [5.74, 6) is 1.10. The molecule has 4 nitrogen and oxygen atoms in total. The second-order valence-electron chi connectivity index (χ2n) is 7.26. The van der Waals surface area contributed by atoms with Gasteiger partial charge in [0.15, 0.2) is 0 Å². The van der Waals surface area contributed by atoms with Gasteiger partial charge in [-0.15, -0.1) is 11.3 Å². The molecule has 1 aromatic carbocycles. The largest absolute Gasteiger partial charge is 0.506 e. The summed E-state index contributed by atoms with van der Waals surface area (Å²) in [6, 6.07) is 7.64. The number of hydrogen-bond acceptors (Lipinski definition) is 5. The van der Waals surface area contributed by atoms with Gasteiger partial charge in [-0.2, -0.15) is 0 Å². The van der Waals surface area contributed by atoms with Crippen LogP contribution in [0, 0.1) is 0 Å². The molecule has 2 aromatic rings. The Hall–Kier alpha value is -1.59. The number of phenols is 1. The smallest absolute Gasteiger partial charge is 0.138 e. The molecule has 1 aliphatic heterocycles. The van der Waals surface area contributed by atoms with Gasteiger partial charge >= 0.3 is 0 Å². The fraction of sp³-hybridized carbons (Fsp3) is 0.550. The average Bonchev–Trinajstić information content (AvgIpc) is 3.12. The van der Waals surface area contributed by atoms with Crippen molar-refractivity contribution in [3.8, 4) is 5.75 Å². The molecule has 0 bridgehead atoms. The van der Waals surface area contributed by atoms with E-state index >= 15 is 0 Å². The van der Waals surface area contributed by atoms with Crippen LogP contribution in [0.15, 0.2) is 29.6 Å². The van der Waals surface area contributed by atoms with Crippen molar-refractivity contribution in [3.05, 3.63) is 40.3 Å². The van der Waals surface area contributed by atoms with Gasteiger partial charge in [-0.1, -0.05) is 31.4 Å². The van der Waals surface area contributed by atoms with Crippen LogP contribution in [0.2, 0.25) is 0 Å². The van der Waals surface area contributed by atoms with E-state index in [1.165, 1.54) is 42.8 Å². The minimum Gasteiger partial charge on any atom is -0.506 e. The van der Waals surface area contributed by atoms with Crippen molar-refractivity contribution in [2.45, 2.75) is 44.6 Å². The Morgan fingerprint density at radius 3 is 2.56 bits per heavy atom. The third kappa shape index (κ3) is 3.98. The van der Waals surface area contributed by atoms with E-state index in [9.17, 15) is 5.11 Å². The van der Waals surface area contributed by atoms with Crippen LogP contribution < -0.4 is 4.90 Å². The highest BCUT2D eigenvalue weighted by Gasteiger charge is 2.22. The number of nitrogens with zero attached hydrogens (tertiary/aromatic N) is 3. The van der Waals surface area contributed by atoms with Crippen LogP contribution in [-0.4, -0.2) is 41.2 Å². The summed E-state index contributed by atoms with van der Waals surface area (Å²) < 4.78 is 0. The van der Waals surface area contributed by atoms with Crippen molar-refractivity contribution in [2.75, 3.05) is 31.1 Å².